The normalized spacial score (nSPS) is 13.1. The maximum atomic E-state index is 12.3. The number of non-ortho nitro benzene ring substituents is 1. The van der Waals surface area contributed by atoms with Crippen LogP contribution in [0.25, 0.3) is 0 Å². The molecular formula is C15H12N4O5S. The van der Waals surface area contributed by atoms with E-state index in [1.54, 1.807) is 5.38 Å². The Balaban J connectivity index is 1.69. The molecule has 2 heterocycles. The number of nitrogens with one attached hydrogen (secondary N) is 1. The van der Waals surface area contributed by atoms with Crippen molar-refractivity contribution in [3.8, 4) is 0 Å². The van der Waals surface area contributed by atoms with Crippen molar-refractivity contribution < 1.29 is 19.3 Å². The molecule has 1 aromatic carbocycles. The fraction of sp³-hybridized carbons (Fsp3) is 0.200. The van der Waals surface area contributed by atoms with E-state index in [0.717, 1.165) is 22.0 Å². The van der Waals surface area contributed by atoms with Crippen LogP contribution in [-0.4, -0.2) is 39.1 Å². The minimum Gasteiger partial charge on any atom is -0.349 e. The zero-order valence-corrected chi connectivity index (χ0v) is 13.8. The summed E-state index contributed by atoms with van der Waals surface area (Å²) < 4.78 is 0. The Labute approximate surface area is 145 Å². The van der Waals surface area contributed by atoms with E-state index in [-0.39, 0.29) is 23.4 Å². The lowest BCUT2D eigenvalue weighted by atomic mass is 10.1. The molecule has 0 spiro atoms. The summed E-state index contributed by atoms with van der Waals surface area (Å²) in [5.41, 5.74) is 0.389. The van der Waals surface area contributed by atoms with Gasteiger partial charge < -0.3 is 5.32 Å². The molecule has 0 bridgehead atoms. The van der Waals surface area contributed by atoms with Crippen LogP contribution >= 0.6 is 11.3 Å². The Hall–Kier alpha value is -3.14. The molecule has 1 aromatic heterocycles. The molecule has 25 heavy (non-hydrogen) atoms. The predicted molar refractivity (Wildman–Crippen MR) is 87.2 cm³/mol. The molecule has 128 valence electrons. The fourth-order valence-corrected chi connectivity index (χ4v) is 3.03. The van der Waals surface area contributed by atoms with Gasteiger partial charge in [0.05, 0.1) is 33.3 Å². The van der Waals surface area contributed by atoms with Gasteiger partial charge in [-0.25, -0.2) is 4.98 Å². The van der Waals surface area contributed by atoms with Crippen molar-refractivity contribution >= 4 is 34.7 Å². The molecular weight excluding hydrogens is 348 g/mol. The van der Waals surface area contributed by atoms with E-state index in [1.807, 2.05) is 6.92 Å². The van der Waals surface area contributed by atoms with Gasteiger partial charge in [-0.05, 0) is 13.0 Å². The third-order valence-electron chi connectivity index (χ3n) is 3.60. The van der Waals surface area contributed by atoms with Crippen LogP contribution in [0.15, 0.2) is 23.6 Å². The summed E-state index contributed by atoms with van der Waals surface area (Å²) in [5.74, 6) is -1.88. The molecule has 2 aromatic rings. The number of benzene rings is 1. The van der Waals surface area contributed by atoms with Crippen molar-refractivity contribution in [2.24, 2.45) is 0 Å². The van der Waals surface area contributed by atoms with E-state index in [9.17, 15) is 24.5 Å². The van der Waals surface area contributed by atoms with Gasteiger partial charge in [-0.15, -0.1) is 11.3 Å². The predicted octanol–water partition coefficient (Wildman–Crippen LogP) is 1.27. The number of aromatic nitrogens is 1. The van der Waals surface area contributed by atoms with E-state index in [1.165, 1.54) is 17.4 Å². The van der Waals surface area contributed by atoms with Crippen molar-refractivity contribution in [2.45, 2.75) is 13.5 Å². The lowest BCUT2D eigenvalue weighted by Gasteiger charge is -2.13. The quantitative estimate of drug-likeness (QED) is 0.487. The highest BCUT2D eigenvalue weighted by Gasteiger charge is 2.37. The first-order valence-corrected chi connectivity index (χ1v) is 8.07. The minimum absolute atomic E-state index is 0.0542. The van der Waals surface area contributed by atoms with Crippen LogP contribution in [0.2, 0.25) is 0 Å². The van der Waals surface area contributed by atoms with Gasteiger partial charge in [0.1, 0.15) is 6.54 Å². The number of fused-ring (bicyclic) bond motifs is 1. The van der Waals surface area contributed by atoms with E-state index < -0.39 is 29.2 Å². The Kier molecular flexibility index (Phi) is 4.28. The summed E-state index contributed by atoms with van der Waals surface area (Å²) >= 11 is 1.45. The highest BCUT2D eigenvalue weighted by atomic mass is 32.1. The standard InChI is InChI=1S/C15H12N4O5S/c1-8-17-9(7-25-8)5-16-13(20)6-18-14(21)11-3-2-10(19(23)24)4-12(11)15(18)22/h2-4,7H,5-6H2,1H3,(H,16,20). The Morgan fingerprint density at radius 1 is 1.32 bits per heavy atom. The highest BCUT2D eigenvalue weighted by Crippen LogP contribution is 2.26. The number of thiazole rings is 1. The molecule has 3 amide bonds. The first kappa shape index (κ1) is 16.7. The van der Waals surface area contributed by atoms with Crippen LogP contribution in [-0.2, 0) is 11.3 Å². The average Bonchev–Trinajstić information content (AvgIpc) is 3.10. The van der Waals surface area contributed by atoms with E-state index in [2.05, 4.69) is 10.3 Å². The monoisotopic (exact) mass is 360 g/mol. The van der Waals surface area contributed by atoms with Crippen LogP contribution in [0.3, 0.4) is 0 Å². The molecule has 0 saturated carbocycles. The van der Waals surface area contributed by atoms with Crippen LogP contribution in [0.5, 0.6) is 0 Å². The van der Waals surface area contributed by atoms with E-state index >= 15 is 0 Å². The first-order valence-electron chi connectivity index (χ1n) is 7.19. The SMILES string of the molecule is Cc1nc(CNC(=O)CN2C(=O)c3ccc([N+](=O)[O-])cc3C2=O)cs1. The summed E-state index contributed by atoms with van der Waals surface area (Å²) in [4.78, 5) is 51.7. The van der Waals surface area contributed by atoms with Gasteiger partial charge in [-0.1, -0.05) is 0 Å². The molecule has 10 heteroatoms. The van der Waals surface area contributed by atoms with Gasteiger partial charge in [-0.3, -0.25) is 29.4 Å². The molecule has 1 aliphatic heterocycles. The lowest BCUT2D eigenvalue weighted by Crippen LogP contribution is -2.40. The number of hydrogen-bond acceptors (Lipinski definition) is 7. The van der Waals surface area contributed by atoms with Gasteiger partial charge in [0, 0.05) is 17.5 Å². The third-order valence-corrected chi connectivity index (χ3v) is 4.42. The maximum absolute atomic E-state index is 12.3. The van der Waals surface area contributed by atoms with Gasteiger partial charge in [0.2, 0.25) is 5.91 Å². The number of nitrogens with zero attached hydrogens (tertiary/aromatic N) is 3. The van der Waals surface area contributed by atoms with Crippen molar-refractivity contribution in [2.75, 3.05) is 6.54 Å². The second-order valence-electron chi connectivity index (χ2n) is 5.32. The Bertz CT molecular complexity index is 907. The second kappa shape index (κ2) is 6.40. The number of rotatable bonds is 5. The number of aryl methyl sites for hydroxylation is 1. The summed E-state index contributed by atoms with van der Waals surface area (Å²) in [6.45, 7) is 1.58. The van der Waals surface area contributed by atoms with Crippen LogP contribution in [0, 0.1) is 17.0 Å². The molecule has 1 aliphatic rings. The van der Waals surface area contributed by atoms with Gasteiger partial charge in [-0.2, -0.15) is 0 Å². The second-order valence-corrected chi connectivity index (χ2v) is 6.38. The van der Waals surface area contributed by atoms with Crippen molar-refractivity contribution in [1.82, 2.24) is 15.2 Å². The number of hydrogen-bond donors (Lipinski definition) is 1. The van der Waals surface area contributed by atoms with E-state index in [4.69, 9.17) is 0 Å². The third kappa shape index (κ3) is 3.24. The van der Waals surface area contributed by atoms with Crippen molar-refractivity contribution in [1.29, 1.82) is 0 Å². The van der Waals surface area contributed by atoms with E-state index in [0.29, 0.717) is 5.69 Å². The number of nitro groups is 1. The molecule has 0 unspecified atom stereocenters. The molecule has 0 saturated heterocycles. The van der Waals surface area contributed by atoms with Crippen LogP contribution in [0.4, 0.5) is 5.69 Å². The summed E-state index contributed by atoms with van der Waals surface area (Å²) in [5, 5.41) is 16.1. The molecule has 3 rings (SSSR count). The van der Waals surface area contributed by atoms with Gasteiger partial charge >= 0.3 is 0 Å². The summed E-state index contributed by atoms with van der Waals surface area (Å²) in [6.07, 6.45) is 0. The maximum Gasteiger partial charge on any atom is 0.270 e. The Morgan fingerprint density at radius 2 is 2.04 bits per heavy atom. The zero-order chi connectivity index (χ0) is 18.1. The average molecular weight is 360 g/mol. The van der Waals surface area contributed by atoms with Crippen LogP contribution in [0.1, 0.15) is 31.4 Å². The largest absolute Gasteiger partial charge is 0.349 e. The summed E-state index contributed by atoms with van der Waals surface area (Å²) in [7, 11) is 0. The number of carbonyl (C=O) groups is 3. The first-order chi connectivity index (χ1) is 11.9. The number of imide groups is 1. The zero-order valence-electron chi connectivity index (χ0n) is 13.0. The highest BCUT2D eigenvalue weighted by molar-refractivity contribution is 7.09. The smallest absolute Gasteiger partial charge is 0.270 e. The lowest BCUT2D eigenvalue weighted by molar-refractivity contribution is -0.384. The molecule has 1 N–H and O–H groups in total. The molecule has 0 atom stereocenters. The molecule has 0 aliphatic carbocycles. The van der Waals surface area contributed by atoms with Gasteiger partial charge in [0.25, 0.3) is 17.5 Å². The molecule has 0 radical (unpaired) electrons. The topological polar surface area (TPSA) is 123 Å². The minimum atomic E-state index is -0.719. The number of amides is 3. The van der Waals surface area contributed by atoms with Gasteiger partial charge in [0.15, 0.2) is 0 Å². The Morgan fingerprint density at radius 3 is 2.68 bits per heavy atom. The number of nitro benzene ring substituents is 1. The van der Waals surface area contributed by atoms with Crippen LogP contribution < -0.4 is 5.32 Å². The number of carbonyl (C=O) groups excluding carboxylic acids is 3. The fourth-order valence-electron chi connectivity index (χ4n) is 2.41. The summed E-state index contributed by atoms with van der Waals surface area (Å²) in [6, 6.07) is 3.42. The van der Waals surface area contributed by atoms with Crippen molar-refractivity contribution in [3.05, 3.63) is 55.5 Å². The molecule has 9 nitrogen and oxygen atoms in total. The molecule has 0 fully saturated rings. The van der Waals surface area contributed by atoms with Crippen molar-refractivity contribution in [3.63, 3.8) is 0 Å².